The molecule has 0 bridgehead atoms. The number of carbonyl (C=O) groups is 3. The molecular weight excluding hydrogens is 490 g/mol. The maximum absolute atomic E-state index is 13.3. The number of anilines is 2. The molecule has 38 heavy (non-hydrogen) atoms. The van der Waals surface area contributed by atoms with E-state index < -0.39 is 0 Å². The van der Waals surface area contributed by atoms with Crippen LogP contribution in [0.25, 0.3) is 0 Å². The number of hydrogen-bond acceptors (Lipinski definition) is 8. The first-order chi connectivity index (χ1) is 18.4. The van der Waals surface area contributed by atoms with Gasteiger partial charge in [0.1, 0.15) is 0 Å². The highest BCUT2D eigenvalue weighted by molar-refractivity contribution is 6.07. The minimum absolute atomic E-state index is 0.0765. The van der Waals surface area contributed by atoms with Gasteiger partial charge in [0.25, 0.3) is 11.8 Å². The van der Waals surface area contributed by atoms with Gasteiger partial charge in [-0.15, -0.1) is 0 Å². The molecule has 0 spiro atoms. The second-order valence-electron chi connectivity index (χ2n) is 9.10. The normalized spacial score (nSPS) is 15.9. The lowest BCUT2D eigenvalue weighted by Gasteiger charge is -2.29. The molecule has 3 amide bonds. The molecule has 11 heteroatoms. The fourth-order valence-corrected chi connectivity index (χ4v) is 4.74. The highest BCUT2D eigenvalue weighted by Gasteiger charge is 2.24. The number of amides is 3. The van der Waals surface area contributed by atoms with Gasteiger partial charge in [0.05, 0.1) is 32.7 Å². The van der Waals surface area contributed by atoms with Crippen LogP contribution < -0.4 is 25.0 Å². The van der Waals surface area contributed by atoms with Crippen LogP contribution in [0.3, 0.4) is 0 Å². The number of nitrogens with zero attached hydrogens (tertiary/aromatic N) is 3. The highest BCUT2D eigenvalue weighted by atomic mass is 16.5. The van der Waals surface area contributed by atoms with Crippen molar-refractivity contribution in [2.75, 3.05) is 83.9 Å². The third kappa shape index (κ3) is 6.10. The van der Waals surface area contributed by atoms with Crippen LogP contribution in [-0.2, 0) is 4.74 Å². The largest absolute Gasteiger partial charge is 0.493 e. The van der Waals surface area contributed by atoms with Crippen LogP contribution in [0.15, 0.2) is 36.4 Å². The summed E-state index contributed by atoms with van der Waals surface area (Å²) in [5.74, 6) is 0.545. The van der Waals surface area contributed by atoms with E-state index in [2.05, 4.69) is 15.5 Å². The zero-order valence-corrected chi connectivity index (χ0v) is 22.1. The van der Waals surface area contributed by atoms with Gasteiger partial charge in [-0.2, -0.15) is 0 Å². The molecule has 2 aliphatic heterocycles. The van der Waals surface area contributed by atoms with Crippen LogP contribution in [0.2, 0.25) is 0 Å². The summed E-state index contributed by atoms with van der Waals surface area (Å²) < 4.78 is 15.5. The quantitative estimate of drug-likeness (QED) is 0.591. The summed E-state index contributed by atoms with van der Waals surface area (Å²) in [6, 6.07) is 10.4. The molecule has 0 unspecified atom stereocenters. The van der Waals surface area contributed by atoms with E-state index in [1.54, 1.807) is 35.2 Å². The Labute approximate surface area is 222 Å². The maximum Gasteiger partial charge on any atom is 0.409 e. The monoisotopic (exact) mass is 525 g/mol. The van der Waals surface area contributed by atoms with E-state index in [-0.39, 0.29) is 17.9 Å². The molecule has 0 atom stereocenters. The Hall–Kier alpha value is -3.99. The van der Waals surface area contributed by atoms with Gasteiger partial charge in [-0.25, -0.2) is 4.79 Å². The standard InChI is InChI=1S/C27H35N5O6/c1-36-23-8-6-19(18-24(23)37-2)25(33)29-21-17-20(26(34)31-13-9-28-10-14-31)5-7-22(21)30-11-4-12-32(16-15-30)27(35)38-3/h5-8,17-18,28H,4,9-16H2,1-3H3,(H,29,33). The molecule has 2 aliphatic rings. The van der Waals surface area contributed by atoms with Crippen molar-refractivity contribution in [3.8, 4) is 11.5 Å². The minimum Gasteiger partial charge on any atom is -0.493 e. The van der Waals surface area contributed by atoms with Crippen molar-refractivity contribution >= 4 is 29.3 Å². The lowest BCUT2D eigenvalue weighted by Crippen LogP contribution is -2.46. The molecule has 2 fully saturated rings. The average Bonchev–Trinajstić information content (AvgIpc) is 3.22. The van der Waals surface area contributed by atoms with Gasteiger partial charge in [0.2, 0.25) is 0 Å². The lowest BCUT2D eigenvalue weighted by atomic mass is 10.1. The number of rotatable bonds is 6. The van der Waals surface area contributed by atoms with Gasteiger partial charge in [-0.3, -0.25) is 9.59 Å². The van der Waals surface area contributed by atoms with Crippen LogP contribution in [0.5, 0.6) is 11.5 Å². The van der Waals surface area contributed by atoms with Crippen molar-refractivity contribution in [3.05, 3.63) is 47.5 Å². The lowest BCUT2D eigenvalue weighted by molar-refractivity contribution is 0.0735. The Morgan fingerprint density at radius 2 is 1.53 bits per heavy atom. The Bertz CT molecular complexity index is 1170. The fraction of sp³-hybridized carbons (Fsp3) is 0.444. The second kappa shape index (κ2) is 12.5. The highest BCUT2D eigenvalue weighted by Crippen LogP contribution is 2.31. The van der Waals surface area contributed by atoms with E-state index in [9.17, 15) is 14.4 Å². The number of carbonyl (C=O) groups excluding carboxylic acids is 3. The van der Waals surface area contributed by atoms with Crippen LogP contribution in [0.1, 0.15) is 27.1 Å². The van der Waals surface area contributed by atoms with Crippen molar-refractivity contribution < 1.29 is 28.6 Å². The van der Waals surface area contributed by atoms with Gasteiger partial charge in [0.15, 0.2) is 11.5 Å². The Balaban J connectivity index is 1.63. The second-order valence-corrected chi connectivity index (χ2v) is 9.10. The summed E-state index contributed by atoms with van der Waals surface area (Å²) in [7, 11) is 4.42. The summed E-state index contributed by atoms with van der Waals surface area (Å²) in [6.45, 7) is 5.05. The third-order valence-electron chi connectivity index (χ3n) is 6.81. The van der Waals surface area contributed by atoms with Gasteiger partial charge in [-0.1, -0.05) is 0 Å². The molecular formula is C27H35N5O6. The first kappa shape index (κ1) is 27.1. The van der Waals surface area contributed by atoms with Crippen molar-refractivity contribution in [2.45, 2.75) is 6.42 Å². The summed E-state index contributed by atoms with van der Waals surface area (Å²) >= 11 is 0. The first-order valence-corrected chi connectivity index (χ1v) is 12.7. The first-order valence-electron chi connectivity index (χ1n) is 12.7. The average molecular weight is 526 g/mol. The Morgan fingerprint density at radius 3 is 2.24 bits per heavy atom. The zero-order chi connectivity index (χ0) is 27.1. The zero-order valence-electron chi connectivity index (χ0n) is 22.1. The third-order valence-corrected chi connectivity index (χ3v) is 6.81. The number of ether oxygens (including phenoxy) is 3. The summed E-state index contributed by atoms with van der Waals surface area (Å²) in [5, 5.41) is 6.27. The molecule has 11 nitrogen and oxygen atoms in total. The molecule has 204 valence electrons. The molecule has 2 aromatic carbocycles. The molecule has 2 heterocycles. The SMILES string of the molecule is COC(=O)N1CCCN(c2ccc(C(=O)N3CCNCC3)cc2NC(=O)c2ccc(OC)c(OC)c2)CC1. The smallest absolute Gasteiger partial charge is 0.409 e. The van der Waals surface area contributed by atoms with Crippen molar-refractivity contribution in [3.63, 3.8) is 0 Å². The van der Waals surface area contributed by atoms with Gasteiger partial charge < -0.3 is 39.5 Å². The van der Waals surface area contributed by atoms with E-state index in [0.717, 1.165) is 25.2 Å². The van der Waals surface area contributed by atoms with Gasteiger partial charge in [-0.05, 0) is 42.8 Å². The molecule has 0 saturated carbocycles. The predicted octanol–water partition coefficient (Wildman–Crippen LogP) is 2.28. The molecule has 2 aromatic rings. The van der Waals surface area contributed by atoms with Crippen molar-refractivity contribution in [2.24, 2.45) is 0 Å². The van der Waals surface area contributed by atoms with E-state index in [1.807, 2.05) is 11.0 Å². The molecule has 4 rings (SSSR count). The Kier molecular flexibility index (Phi) is 8.90. The number of hydrogen-bond donors (Lipinski definition) is 2. The van der Waals surface area contributed by atoms with E-state index in [0.29, 0.717) is 67.6 Å². The number of piperazine rings is 1. The number of methoxy groups -OCH3 is 3. The Morgan fingerprint density at radius 1 is 0.789 bits per heavy atom. The van der Waals surface area contributed by atoms with E-state index in [4.69, 9.17) is 14.2 Å². The molecule has 0 aliphatic carbocycles. The van der Waals surface area contributed by atoms with Crippen LogP contribution >= 0.6 is 0 Å². The van der Waals surface area contributed by atoms with Gasteiger partial charge in [0, 0.05) is 63.5 Å². The van der Waals surface area contributed by atoms with Crippen LogP contribution in [0, 0.1) is 0 Å². The summed E-state index contributed by atoms with van der Waals surface area (Å²) in [4.78, 5) is 44.2. The number of nitrogens with one attached hydrogen (secondary N) is 2. The van der Waals surface area contributed by atoms with Crippen molar-refractivity contribution in [1.82, 2.24) is 15.1 Å². The van der Waals surface area contributed by atoms with Crippen LogP contribution in [-0.4, -0.2) is 101 Å². The topological polar surface area (TPSA) is 113 Å². The molecule has 0 aromatic heterocycles. The van der Waals surface area contributed by atoms with Crippen LogP contribution in [0.4, 0.5) is 16.2 Å². The predicted molar refractivity (Wildman–Crippen MR) is 144 cm³/mol. The molecule has 0 radical (unpaired) electrons. The summed E-state index contributed by atoms with van der Waals surface area (Å²) in [5.41, 5.74) is 2.20. The molecule has 2 saturated heterocycles. The maximum atomic E-state index is 13.3. The van der Waals surface area contributed by atoms with Gasteiger partial charge >= 0.3 is 6.09 Å². The summed E-state index contributed by atoms with van der Waals surface area (Å²) in [6.07, 6.45) is 0.380. The van der Waals surface area contributed by atoms with Crippen molar-refractivity contribution in [1.29, 1.82) is 0 Å². The van der Waals surface area contributed by atoms with E-state index in [1.165, 1.54) is 21.3 Å². The minimum atomic E-state index is -0.356. The number of benzene rings is 2. The fourth-order valence-electron chi connectivity index (χ4n) is 4.74. The molecule has 2 N–H and O–H groups in total. The van der Waals surface area contributed by atoms with E-state index >= 15 is 0 Å².